The van der Waals surface area contributed by atoms with Gasteiger partial charge < -0.3 is 10.0 Å². The van der Waals surface area contributed by atoms with Crippen molar-refractivity contribution in [2.24, 2.45) is 0 Å². The summed E-state index contributed by atoms with van der Waals surface area (Å²) >= 11 is 0. The predicted molar refractivity (Wildman–Crippen MR) is 67.6 cm³/mol. The molecule has 0 bridgehead atoms. The van der Waals surface area contributed by atoms with E-state index in [0.717, 1.165) is 19.4 Å². The summed E-state index contributed by atoms with van der Waals surface area (Å²) < 4.78 is 0. The quantitative estimate of drug-likeness (QED) is 0.781. The molecule has 2 rings (SSSR count). The van der Waals surface area contributed by atoms with Gasteiger partial charge in [-0.25, -0.2) is 0 Å². The lowest BCUT2D eigenvalue weighted by Crippen LogP contribution is -2.45. The molecule has 16 heavy (non-hydrogen) atoms. The van der Waals surface area contributed by atoms with Crippen LogP contribution in [0.2, 0.25) is 0 Å². The van der Waals surface area contributed by atoms with Crippen LogP contribution in [0.15, 0.2) is 0 Å². The van der Waals surface area contributed by atoms with E-state index in [1.54, 1.807) is 0 Å². The summed E-state index contributed by atoms with van der Waals surface area (Å²) in [5.41, 5.74) is -0.350. The summed E-state index contributed by atoms with van der Waals surface area (Å²) in [6.45, 7) is 3.36. The number of hydrogen-bond donors (Lipinski definition) is 1. The summed E-state index contributed by atoms with van der Waals surface area (Å²) in [5, 5.41) is 10.5. The molecular formula is C14H27NO. The highest BCUT2D eigenvalue weighted by atomic mass is 16.3. The van der Waals surface area contributed by atoms with Crippen LogP contribution in [0.1, 0.15) is 64.2 Å². The van der Waals surface area contributed by atoms with Crippen LogP contribution < -0.4 is 0 Å². The van der Waals surface area contributed by atoms with Gasteiger partial charge in [-0.1, -0.05) is 38.5 Å². The molecule has 0 aromatic carbocycles. The van der Waals surface area contributed by atoms with E-state index in [0.29, 0.717) is 0 Å². The largest absolute Gasteiger partial charge is 0.389 e. The Bertz CT molecular complexity index is 191. The number of β-amino-alcohol motifs (C(OH)–C–C–N with tert-alkyl or cyclic N) is 1. The van der Waals surface area contributed by atoms with E-state index in [-0.39, 0.29) is 5.60 Å². The van der Waals surface area contributed by atoms with Crippen molar-refractivity contribution in [2.75, 3.05) is 19.6 Å². The minimum atomic E-state index is -0.350. The highest BCUT2D eigenvalue weighted by molar-refractivity contribution is 4.85. The molecule has 94 valence electrons. The molecule has 0 spiro atoms. The second-order valence-electron chi connectivity index (χ2n) is 5.83. The Balaban J connectivity index is 1.81. The standard InChI is InChI=1S/C14H27NO/c16-14(9-5-4-6-10-14)13-15-11-7-2-1-3-8-12-15/h16H,1-13H2. The van der Waals surface area contributed by atoms with Crippen LogP contribution in [-0.4, -0.2) is 35.2 Å². The monoisotopic (exact) mass is 225 g/mol. The van der Waals surface area contributed by atoms with Crippen LogP contribution in [0, 0.1) is 0 Å². The number of hydrogen-bond acceptors (Lipinski definition) is 2. The van der Waals surface area contributed by atoms with Crippen LogP contribution in [-0.2, 0) is 0 Å². The molecule has 0 radical (unpaired) electrons. The average molecular weight is 225 g/mol. The van der Waals surface area contributed by atoms with Crippen molar-refractivity contribution in [2.45, 2.75) is 69.8 Å². The predicted octanol–water partition coefficient (Wildman–Crippen LogP) is 2.95. The first-order valence-corrected chi connectivity index (χ1v) is 7.23. The zero-order valence-corrected chi connectivity index (χ0v) is 10.6. The van der Waals surface area contributed by atoms with Crippen LogP contribution in [0.25, 0.3) is 0 Å². The van der Waals surface area contributed by atoms with E-state index in [1.165, 1.54) is 64.5 Å². The first-order chi connectivity index (χ1) is 7.79. The van der Waals surface area contributed by atoms with Crippen molar-refractivity contribution < 1.29 is 5.11 Å². The molecule has 0 unspecified atom stereocenters. The van der Waals surface area contributed by atoms with Gasteiger partial charge in [-0.3, -0.25) is 0 Å². The van der Waals surface area contributed by atoms with Gasteiger partial charge in [0.25, 0.3) is 0 Å². The summed E-state index contributed by atoms with van der Waals surface area (Å²) in [6.07, 6.45) is 12.7. The van der Waals surface area contributed by atoms with Crippen molar-refractivity contribution in [3.8, 4) is 0 Å². The highest BCUT2D eigenvalue weighted by Crippen LogP contribution is 2.29. The van der Waals surface area contributed by atoms with Gasteiger partial charge in [-0.2, -0.15) is 0 Å². The highest BCUT2D eigenvalue weighted by Gasteiger charge is 2.31. The lowest BCUT2D eigenvalue weighted by molar-refractivity contribution is -0.0275. The van der Waals surface area contributed by atoms with E-state index in [4.69, 9.17) is 0 Å². The topological polar surface area (TPSA) is 23.5 Å². The van der Waals surface area contributed by atoms with Crippen LogP contribution in [0.4, 0.5) is 0 Å². The summed E-state index contributed by atoms with van der Waals surface area (Å²) in [7, 11) is 0. The van der Waals surface area contributed by atoms with Crippen LogP contribution in [0.3, 0.4) is 0 Å². The van der Waals surface area contributed by atoms with Gasteiger partial charge in [0.15, 0.2) is 0 Å². The Kier molecular flexibility index (Phi) is 4.66. The van der Waals surface area contributed by atoms with Crippen molar-refractivity contribution in [3.63, 3.8) is 0 Å². The Morgan fingerprint density at radius 1 is 0.750 bits per heavy atom. The molecule has 2 fully saturated rings. The fraction of sp³-hybridized carbons (Fsp3) is 1.00. The smallest absolute Gasteiger partial charge is 0.0774 e. The molecule has 2 aliphatic rings. The van der Waals surface area contributed by atoms with Gasteiger partial charge in [0.2, 0.25) is 0 Å². The third kappa shape index (κ3) is 3.74. The third-order valence-electron chi connectivity index (χ3n) is 4.25. The number of nitrogens with zero attached hydrogens (tertiary/aromatic N) is 1. The number of likely N-dealkylation sites (tertiary alicyclic amines) is 1. The minimum absolute atomic E-state index is 0.350. The molecule has 2 nitrogen and oxygen atoms in total. The molecule has 1 N–H and O–H groups in total. The van der Waals surface area contributed by atoms with E-state index >= 15 is 0 Å². The molecule has 1 saturated carbocycles. The average Bonchev–Trinajstić information content (AvgIpc) is 2.23. The molecule has 1 aliphatic carbocycles. The van der Waals surface area contributed by atoms with Crippen LogP contribution in [0.5, 0.6) is 0 Å². The lowest BCUT2D eigenvalue weighted by atomic mass is 9.84. The summed E-state index contributed by atoms with van der Waals surface area (Å²) in [4.78, 5) is 2.52. The molecule has 0 aromatic rings. The van der Waals surface area contributed by atoms with Gasteiger partial charge in [0.1, 0.15) is 0 Å². The van der Waals surface area contributed by atoms with Crippen molar-refractivity contribution in [3.05, 3.63) is 0 Å². The van der Waals surface area contributed by atoms with E-state index in [2.05, 4.69) is 4.90 Å². The zero-order chi connectivity index (χ0) is 11.3. The maximum Gasteiger partial charge on any atom is 0.0774 e. The molecule has 1 aliphatic heterocycles. The maximum absolute atomic E-state index is 10.5. The lowest BCUT2D eigenvalue weighted by Gasteiger charge is -2.37. The molecule has 0 aromatic heterocycles. The fourth-order valence-corrected chi connectivity index (χ4v) is 3.26. The van der Waals surface area contributed by atoms with Crippen molar-refractivity contribution in [1.82, 2.24) is 4.90 Å². The number of aliphatic hydroxyl groups is 1. The van der Waals surface area contributed by atoms with E-state index in [9.17, 15) is 5.11 Å². The maximum atomic E-state index is 10.5. The fourth-order valence-electron chi connectivity index (χ4n) is 3.26. The van der Waals surface area contributed by atoms with Gasteiger partial charge in [-0.05, 0) is 38.8 Å². The second-order valence-corrected chi connectivity index (χ2v) is 5.83. The molecule has 1 heterocycles. The SMILES string of the molecule is OC1(CN2CCCCCCC2)CCCCC1. The molecule has 0 atom stereocenters. The van der Waals surface area contributed by atoms with E-state index in [1.807, 2.05) is 0 Å². The van der Waals surface area contributed by atoms with Gasteiger partial charge in [0.05, 0.1) is 5.60 Å². The normalized spacial score (nSPS) is 28.3. The first kappa shape index (κ1) is 12.4. The summed E-state index contributed by atoms with van der Waals surface area (Å²) in [5.74, 6) is 0. The Morgan fingerprint density at radius 2 is 1.25 bits per heavy atom. The summed E-state index contributed by atoms with van der Waals surface area (Å²) in [6, 6.07) is 0. The van der Waals surface area contributed by atoms with Gasteiger partial charge in [-0.15, -0.1) is 0 Å². The minimum Gasteiger partial charge on any atom is -0.389 e. The third-order valence-corrected chi connectivity index (χ3v) is 4.25. The molecule has 1 saturated heterocycles. The molecular weight excluding hydrogens is 198 g/mol. The van der Waals surface area contributed by atoms with Gasteiger partial charge >= 0.3 is 0 Å². The van der Waals surface area contributed by atoms with Crippen LogP contribution >= 0.6 is 0 Å². The van der Waals surface area contributed by atoms with Crippen molar-refractivity contribution >= 4 is 0 Å². The number of rotatable bonds is 2. The van der Waals surface area contributed by atoms with E-state index < -0.39 is 0 Å². The Labute approximate surface area is 100 Å². The Hall–Kier alpha value is -0.0800. The second kappa shape index (κ2) is 6.02. The van der Waals surface area contributed by atoms with Gasteiger partial charge in [0, 0.05) is 6.54 Å². The molecule has 2 heteroatoms. The zero-order valence-electron chi connectivity index (χ0n) is 10.6. The van der Waals surface area contributed by atoms with Crippen molar-refractivity contribution in [1.29, 1.82) is 0 Å². The molecule has 0 amide bonds. The first-order valence-electron chi connectivity index (χ1n) is 7.23. The Morgan fingerprint density at radius 3 is 1.88 bits per heavy atom.